The van der Waals surface area contributed by atoms with Crippen LogP contribution < -0.4 is 5.32 Å². The lowest BCUT2D eigenvalue weighted by molar-refractivity contribution is -0.140. The van der Waals surface area contributed by atoms with Crippen LogP contribution in [0.15, 0.2) is 78.9 Å². The van der Waals surface area contributed by atoms with Crippen LogP contribution in [0.2, 0.25) is 10.0 Å². The monoisotopic (exact) mass is 482 g/mol. The van der Waals surface area contributed by atoms with E-state index in [2.05, 4.69) is 5.32 Å². The molecule has 4 nitrogen and oxygen atoms in total. The van der Waals surface area contributed by atoms with Gasteiger partial charge in [-0.25, -0.2) is 0 Å². The molecule has 0 bridgehead atoms. The fraction of sp³-hybridized carbons (Fsp3) is 0.259. The molecule has 0 fully saturated rings. The first kappa shape index (κ1) is 24.8. The molecule has 0 aromatic heterocycles. The average Bonchev–Trinajstić information content (AvgIpc) is 2.82. The maximum atomic E-state index is 13.6. The maximum Gasteiger partial charge on any atom is 0.243 e. The first-order valence-electron chi connectivity index (χ1n) is 11.1. The molecular formula is C27H28Cl2N2O2. The normalized spacial score (nSPS) is 11.6. The standard InChI is InChI=1S/C27H28Cl2N2O2/c1-2-15-30-27(33)25(16-20-9-5-3-6-10-20)31(19-21-11-7-4-8-12-21)26(32)17-22-13-14-23(28)18-24(22)29/h3-14,18,25H,2,15-17,19H2,1H3,(H,30,33)/t25-/m1/s1. The van der Waals surface area contributed by atoms with E-state index in [0.29, 0.717) is 35.1 Å². The van der Waals surface area contributed by atoms with E-state index in [1.165, 1.54) is 0 Å². The fourth-order valence-corrected chi connectivity index (χ4v) is 4.10. The number of halogens is 2. The SMILES string of the molecule is CCCNC(=O)[C@@H](Cc1ccccc1)N(Cc1ccccc1)C(=O)Cc1ccc(Cl)cc1Cl. The first-order chi connectivity index (χ1) is 16.0. The van der Waals surface area contributed by atoms with Gasteiger partial charge in [-0.15, -0.1) is 0 Å². The van der Waals surface area contributed by atoms with Crippen molar-refractivity contribution in [2.45, 2.75) is 38.8 Å². The highest BCUT2D eigenvalue weighted by atomic mass is 35.5. The molecule has 6 heteroatoms. The van der Waals surface area contributed by atoms with Crippen LogP contribution in [0.3, 0.4) is 0 Å². The molecule has 0 saturated heterocycles. The minimum Gasteiger partial charge on any atom is -0.354 e. The lowest BCUT2D eigenvalue weighted by atomic mass is 10.0. The van der Waals surface area contributed by atoms with Gasteiger partial charge in [0.15, 0.2) is 0 Å². The van der Waals surface area contributed by atoms with Crippen molar-refractivity contribution in [2.24, 2.45) is 0 Å². The molecule has 0 aliphatic heterocycles. The number of hydrogen-bond donors (Lipinski definition) is 1. The molecule has 3 aromatic carbocycles. The third-order valence-electron chi connectivity index (χ3n) is 5.37. The molecule has 0 aliphatic carbocycles. The zero-order chi connectivity index (χ0) is 23.6. The molecule has 0 saturated carbocycles. The van der Waals surface area contributed by atoms with E-state index in [4.69, 9.17) is 23.2 Å². The quantitative estimate of drug-likeness (QED) is 0.402. The van der Waals surface area contributed by atoms with E-state index in [0.717, 1.165) is 17.5 Å². The molecule has 1 atom stereocenters. The topological polar surface area (TPSA) is 49.4 Å². The summed E-state index contributed by atoms with van der Waals surface area (Å²) >= 11 is 12.4. The van der Waals surface area contributed by atoms with Crippen molar-refractivity contribution in [2.75, 3.05) is 6.54 Å². The summed E-state index contributed by atoms with van der Waals surface area (Å²) in [6.07, 6.45) is 1.31. The Labute approximate surface area is 205 Å². The molecule has 0 spiro atoms. The lowest BCUT2D eigenvalue weighted by Crippen LogP contribution is -2.51. The van der Waals surface area contributed by atoms with Gasteiger partial charge in [0.05, 0.1) is 6.42 Å². The Morgan fingerprint density at radius 2 is 1.55 bits per heavy atom. The number of rotatable bonds is 10. The van der Waals surface area contributed by atoms with Gasteiger partial charge in [0.25, 0.3) is 0 Å². The van der Waals surface area contributed by atoms with E-state index < -0.39 is 6.04 Å². The number of nitrogens with zero attached hydrogens (tertiary/aromatic N) is 1. The summed E-state index contributed by atoms with van der Waals surface area (Å²) in [4.78, 5) is 28.5. The van der Waals surface area contributed by atoms with Crippen LogP contribution in [-0.2, 0) is 29.0 Å². The van der Waals surface area contributed by atoms with Gasteiger partial charge < -0.3 is 10.2 Å². The second kappa shape index (κ2) is 12.4. The van der Waals surface area contributed by atoms with Gasteiger partial charge in [-0.2, -0.15) is 0 Å². The molecule has 33 heavy (non-hydrogen) atoms. The number of carbonyl (C=O) groups excluding carboxylic acids is 2. The molecule has 1 N–H and O–H groups in total. The molecule has 0 aliphatic rings. The first-order valence-corrected chi connectivity index (χ1v) is 11.8. The van der Waals surface area contributed by atoms with E-state index in [1.807, 2.05) is 67.6 Å². The highest BCUT2D eigenvalue weighted by molar-refractivity contribution is 6.35. The van der Waals surface area contributed by atoms with E-state index in [9.17, 15) is 9.59 Å². The predicted molar refractivity (Wildman–Crippen MR) is 134 cm³/mol. The van der Waals surface area contributed by atoms with Crippen molar-refractivity contribution < 1.29 is 9.59 Å². The van der Waals surface area contributed by atoms with Crippen LogP contribution in [0, 0.1) is 0 Å². The summed E-state index contributed by atoms with van der Waals surface area (Å²) < 4.78 is 0. The summed E-state index contributed by atoms with van der Waals surface area (Å²) in [5.74, 6) is -0.331. The summed E-state index contributed by atoms with van der Waals surface area (Å²) in [5, 5.41) is 3.93. The third kappa shape index (κ3) is 7.34. The Morgan fingerprint density at radius 3 is 2.15 bits per heavy atom. The average molecular weight is 483 g/mol. The molecule has 3 aromatic rings. The number of benzene rings is 3. The predicted octanol–water partition coefficient (Wildman–Crippen LogP) is 5.70. The van der Waals surface area contributed by atoms with Crippen LogP contribution in [0.25, 0.3) is 0 Å². The van der Waals surface area contributed by atoms with Gasteiger partial charge in [0.2, 0.25) is 11.8 Å². The maximum absolute atomic E-state index is 13.6. The van der Waals surface area contributed by atoms with Gasteiger partial charge in [0.1, 0.15) is 6.04 Å². The van der Waals surface area contributed by atoms with E-state index in [1.54, 1.807) is 23.1 Å². The van der Waals surface area contributed by atoms with Crippen molar-refractivity contribution in [3.8, 4) is 0 Å². The van der Waals surface area contributed by atoms with Crippen LogP contribution in [0.5, 0.6) is 0 Å². The molecule has 2 amide bonds. The summed E-state index contributed by atoms with van der Waals surface area (Å²) in [7, 11) is 0. The van der Waals surface area contributed by atoms with Gasteiger partial charge in [-0.1, -0.05) is 96.9 Å². The van der Waals surface area contributed by atoms with Gasteiger partial charge >= 0.3 is 0 Å². The zero-order valence-electron chi connectivity index (χ0n) is 18.6. The minimum absolute atomic E-state index is 0.0786. The fourth-order valence-electron chi connectivity index (χ4n) is 3.63. The minimum atomic E-state index is -0.655. The Morgan fingerprint density at radius 1 is 0.909 bits per heavy atom. The lowest BCUT2D eigenvalue weighted by Gasteiger charge is -2.32. The van der Waals surface area contributed by atoms with Crippen molar-refractivity contribution in [3.05, 3.63) is 106 Å². The van der Waals surface area contributed by atoms with E-state index in [-0.39, 0.29) is 18.2 Å². The summed E-state index contributed by atoms with van der Waals surface area (Å²) in [6.45, 7) is 2.88. The van der Waals surface area contributed by atoms with Gasteiger partial charge in [0, 0.05) is 29.6 Å². The largest absolute Gasteiger partial charge is 0.354 e. The second-order valence-electron chi connectivity index (χ2n) is 7.92. The molecule has 0 radical (unpaired) electrons. The third-order valence-corrected chi connectivity index (χ3v) is 5.96. The molecule has 0 unspecified atom stereocenters. The molecular weight excluding hydrogens is 455 g/mol. The Bertz CT molecular complexity index is 1060. The second-order valence-corrected chi connectivity index (χ2v) is 8.76. The highest BCUT2D eigenvalue weighted by Gasteiger charge is 2.30. The van der Waals surface area contributed by atoms with Crippen LogP contribution in [0.1, 0.15) is 30.0 Å². The zero-order valence-corrected chi connectivity index (χ0v) is 20.1. The smallest absolute Gasteiger partial charge is 0.243 e. The van der Waals surface area contributed by atoms with Crippen LogP contribution in [-0.4, -0.2) is 29.3 Å². The molecule has 0 heterocycles. The van der Waals surface area contributed by atoms with Gasteiger partial charge in [-0.05, 0) is 35.2 Å². The van der Waals surface area contributed by atoms with Crippen LogP contribution in [0.4, 0.5) is 0 Å². The van der Waals surface area contributed by atoms with Crippen LogP contribution >= 0.6 is 23.2 Å². The van der Waals surface area contributed by atoms with Crippen molar-refractivity contribution in [1.29, 1.82) is 0 Å². The number of amides is 2. The Kier molecular flexibility index (Phi) is 9.35. The summed E-state index contributed by atoms with van der Waals surface area (Å²) in [6, 6.07) is 23.9. The molecule has 3 rings (SSSR count). The summed E-state index contributed by atoms with van der Waals surface area (Å²) in [5.41, 5.74) is 2.62. The highest BCUT2D eigenvalue weighted by Crippen LogP contribution is 2.23. The molecule has 172 valence electrons. The Hall–Kier alpha value is -2.82. The number of nitrogens with one attached hydrogen (secondary N) is 1. The van der Waals surface area contributed by atoms with Gasteiger partial charge in [-0.3, -0.25) is 9.59 Å². The van der Waals surface area contributed by atoms with E-state index >= 15 is 0 Å². The number of hydrogen-bond acceptors (Lipinski definition) is 2. The van der Waals surface area contributed by atoms with Crippen molar-refractivity contribution in [3.63, 3.8) is 0 Å². The Balaban J connectivity index is 1.95. The van der Waals surface area contributed by atoms with Crippen molar-refractivity contribution >= 4 is 35.0 Å². The number of carbonyl (C=O) groups is 2. The van der Waals surface area contributed by atoms with Crippen molar-refractivity contribution in [1.82, 2.24) is 10.2 Å².